The predicted molar refractivity (Wildman–Crippen MR) is 109 cm³/mol. The van der Waals surface area contributed by atoms with Crippen LogP contribution in [0.3, 0.4) is 0 Å². The monoisotopic (exact) mass is 395 g/mol. The molecule has 7 nitrogen and oxygen atoms in total. The lowest BCUT2D eigenvalue weighted by Crippen LogP contribution is -2.49. The minimum absolute atomic E-state index is 0.110. The molecule has 1 saturated heterocycles. The van der Waals surface area contributed by atoms with Crippen molar-refractivity contribution in [3.63, 3.8) is 0 Å². The predicted octanol–water partition coefficient (Wildman–Crippen LogP) is 2.87. The van der Waals surface area contributed by atoms with Crippen LogP contribution in [0.4, 0.5) is 10.1 Å². The Kier molecular flexibility index (Phi) is 5.27. The van der Waals surface area contributed by atoms with E-state index in [9.17, 15) is 4.39 Å². The van der Waals surface area contributed by atoms with Crippen LogP contribution in [0.5, 0.6) is 0 Å². The number of para-hydroxylation sites is 1. The maximum Gasteiger partial charge on any atom is 0.173 e. The van der Waals surface area contributed by atoms with Gasteiger partial charge in [0.25, 0.3) is 0 Å². The standard InChI is InChI=1S/C21H26FN7/c1-21(2,3)29-20(24-25-26-29)19(16-7-6-10-23-15-16)28-13-11-27(12-14-28)18-9-5-4-8-17(18)22/h4-10,15,19H,11-14H2,1-3H3/t19-/m1/s1. The zero-order valence-corrected chi connectivity index (χ0v) is 17.0. The van der Waals surface area contributed by atoms with Gasteiger partial charge in [-0.05, 0) is 55.0 Å². The molecule has 0 N–H and O–H groups in total. The normalized spacial score (nSPS) is 16.8. The molecule has 0 saturated carbocycles. The summed E-state index contributed by atoms with van der Waals surface area (Å²) in [6, 6.07) is 10.8. The van der Waals surface area contributed by atoms with Crippen molar-refractivity contribution in [1.29, 1.82) is 0 Å². The summed E-state index contributed by atoms with van der Waals surface area (Å²) in [5.74, 6) is 0.617. The summed E-state index contributed by atoms with van der Waals surface area (Å²) < 4.78 is 16.1. The van der Waals surface area contributed by atoms with Crippen LogP contribution in [-0.2, 0) is 5.54 Å². The number of piperazine rings is 1. The summed E-state index contributed by atoms with van der Waals surface area (Å²) in [6.45, 7) is 9.26. The summed E-state index contributed by atoms with van der Waals surface area (Å²) in [6.07, 6.45) is 3.64. The second kappa shape index (κ2) is 7.87. The first-order chi connectivity index (χ1) is 13.9. The van der Waals surface area contributed by atoms with Crippen molar-refractivity contribution in [1.82, 2.24) is 30.1 Å². The maximum atomic E-state index is 14.2. The average Bonchev–Trinajstić information content (AvgIpc) is 3.20. The van der Waals surface area contributed by atoms with Crippen molar-refractivity contribution >= 4 is 5.69 Å². The molecular weight excluding hydrogens is 369 g/mol. The summed E-state index contributed by atoms with van der Waals surface area (Å²) in [5, 5.41) is 12.6. The number of nitrogens with zero attached hydrogens (tertiary/aromatic N) is 7. The number of hydrogen-bond donors (Lipinski definition) is 0. The summed E-state index contributed by atoms with van der Waals surface area (Å²) in [4.78, 5) is 8.76. The lowest BCUT2D eigenvalue weighted by molar-refractivity contribution is 0.191. The second-order valence-corrected chi connectivity index (χ2v) is 8.28. The zero-order chi connectivity index (χ0) is 20.4. The summed E-state index contributed by atoms with van der Waals surface area (Å²) >= 11 is 0. The molecule has 1 fully saturated rings. The first-order valence-corrected chi connectivity index (χ1v) is 9.87. The number of benzene rings is 1. The van der Waals surface area contributed by atoms with Crippen LogP contribution < -0.4 is 4.90 Å². The Hall–Kier alpha value is -2.87. The minimum Gasteiger partial charge on any atom is -0.367 e. The largest absolute Gasteiger partial charge is 0.367 e. The number of hydrogen-bond acceptors (Lipinski definition) is 6. The van der Waals surface area contributed by atoms with Gasteiger partial charge in [-0.1, -0.05) is 18.2 Å². The van der Waals surface area contributed by atoms with E-state index in [0.29, 0.717) is 5.69 Å². The number of aromatic nitrogens is 5. The molecule has 29 heavy (non-hydrogen) atoms. The molecule has 3 aromatic rings. The van der Waals surface area contributed by atoms with E-state index in [-0.39, 0.29) is 17.4 Å². The molecule has 1 aliphatic rings. The van der Waals surface area contributed by atoms with Gasteiger partial charge in [-0.15, -0.1) is 5.10 Å². The smallest absolute Gasteiger partial charge is 0.173 e. The highest BCUT2D eigenvalue weighted by atomic mass is 19.1. The van der Waals surface area contributed by atoms with E-state index in [0.717, 1.165) is 37.6 Å². The second-order valence-electron chi connectivity index (χ2n) is 8.28. The van der Waals surface area contributed by atoms with Crippen molar-refractivity contribution in [2.45, 2.75) is 32.4 Å². The molecule has 0 amide bonds. The lowest BCUT2D eigenvalue weighted by Gasteiger charge is -2.40. The van der Waals surface area contributed by atoms with Crippen LogP contribution >= 0.6 is 0 Å². The zero-order valence-electron chi connectivity index (χ0n) is 17.0. The Morgan fingerprint density at radius 3 is 2.41 bits per heavy atom. The fourth-order valence-electron chi connectivity index (χ4n) is 3.83. The van der Waals surface area contributed by atoms with E-state index in [1.54, 1.807) is 12.3 Å². The summed E-state index contributed by atoms with van der Waals surface area (Å²) in [7, 11) is 0. The molecule has 0 radical (unpaired) electrons. The van der Waals surface area contributed by atoms with Gasteiger partial charge in [0.2, 0.25) is 0 Å². The van der Waals surface area contributed by atoms with Crippen LogP contribution in [0, 0.1) is 5.82 Å². The maximum absolute atomic E-state index is 14.2. The molecule has 1 atom stereocenters. The van der Waals surface area contributed by atoms with Crippen LogP contribution in [0.2, 0.25) is 0 Å². The molecule has 4 rings (SSSR count). The van der Waals surface area contributed by atoms with Crippen molar-refractivity contribution < 1.29 is 4.39 Å². The van der Waals surface area contributed by atoms with Gasteiger partial charge in [0.05, 0.1) is 17.3 Å². The third-order valence-corrected chi connectivity index (χ3v) is 5.25. The third-order valence-electron chi connectivity index (χ3n) is 5.25. The first-order valence-electron chi connectivity index (χ1n) is 9.87. The SMILES string of the molecule is CC(C)(C)n1nnnc1[C@@H](c1cccnc1)N1CCN(c2ccccc2F)CC1. The van der Waals surface area contributed by atoms with Gasteiger partial charge in [0, 0.05) is 38.6 Å². The molecule has 1 aliphatic heterocycles. The molecular formula is C21H26FN7. The number of tetrazole rings is 1. The van der Waals surface area contributed by atoms with Crippen LogP contribution in [-0.4, -0.2) is 56.3 Å². The average molecular weight is 395 g/mol. The number of anilines is 1. The van der Waals surface area contributed by atoms with Gasteiger partial charge in [-0.25, -0.2) is 9.07 Å². The molecule has 8 heteroatoms. The van der Waals surface area contributed by atoms with Crippen molar-refractivity contribution in [2.24, 2.45) is 0 Å². The summed E-state index contributed by atoms with van der Waals surface area (Å²) in [5.41, 5.74) is 1.46. The van der Waals surface area contributed by atoms with E-state index < -0.39 is 0 Å². The van der Waals surface area contributed by atoms with Crippen molar-refractivity contribution in [3.8, 4) is 0 Å². The Balaban J connectivity index is 1.63. The van der Waals surface area contributed by atoms with E-state index in [1.807, 2.05) is 29.1 Å². The van der Waals surface area contributed by atoms with E-state index in [4.69, 9.17) is 0 Å². The molecule has 0 aliphatic carbocycles. The highest BCUT2D eigenvalue weighted by Crippen LogP contribution is 2.31. The van der Waals surface area contributed by atoms with Gasteiger partial charge in [-0.2, -0.15) is 0 Å². The molecule has 0 bridgehead atoms. The number of rotatable bonds is 4. The van der Waals surface area contributed by atoms with E-state index in [1.165, 1.54) is 6.07 Å². The van der Waals surface area contributed by atoms with Gasteiger partial charge < -0.3 is 4.90 Å². The topological polar surface area (TPSA) is 63.0 Å². The fourth-order valence-corrected chi connectivity index (χ4v) is 3.83. The van der Waals surface area contributed by atoms with E-state index >= 15 is 0 Å². The lowest BCUT2D eigenvalue weighted by atomic mass is 10.0. The van der Waals surface area contributed by atoms with Gasteiger partial charge in [0.1, 0.15) is 5.82 Å². The fraction of sp³-hybridized carbons (Fsp3) is 0.429. The van der Waals surface area contributed by atoms with Gasteiger partial charge in [0.15, 0.2) is 5.82 Å². The quantitative estimate of drug-likeness (QED) is 0.677. The van der Waals surface area contributed by atoms with Crippen LogP contribution in [0.15, 0.2) is 48.8 Å². The van der Waals surface area contributed by atoms with Gasteiger partial charge in [-0.3, -0.25) is 9.88 Å². The van der Waals surface area contributed by atoms with Crippen LogP contribution in [0.25, 0.3) is 0 Å². The Morgan fingerprint density at radius 1 is 1.00 bits per heavy atom. The Labute approximate surface area is 170 Å². The highest BCUT2D eigenvalue weighted by Gasteiger charge is 2.33. The molecule has 2 aromatic heterocycles. The van der Waals surface area contributed by atoms with Crippen LogP contribution in [0.1, 0.15) is 38.2 Å². The van der Waals surface area contributed by atoms with E-state index in [2.05, 4.69) is 57.1 Å². The first kappa shape index (κ1) is 19.4. The van der Waals surface area contributed by atoms with Gasteiger partial charge >= 0.3 is 0 Å². The van der Waals surface area contributed by atoms with Crippen molar-refractivity contribution in [3.05, 3.63) is 66.0 Å². The molecule has 1 aromatic carbocycles. The Morgan fingerprint density at radius 2 is 1.76 bits per heavy atom. The van der Waals surface area contributed by atoms with Crippen molar-refractivity contribution in [2.75, 3.05) is 31.1 Å². The minimum atomic E-state index is -0.242. The number of pyridine rings is 1. The molecule has 152 valence electrons. The molecule has 3 heterocycles. The highest BCUT2D eigenvalue weighted by molar-refractivity contribution is 5.48. The molecule has 0 spiro atoms. The Bertz CT molecular complexity index is 943. The molecule has 0 unspecified atom stereocenters. The number of halogens is 1. The third kappa shape index (κ3) is 3.98.